The van der Waals surface area contributed by atoms with Gasteiger partial charge in [-0.2, -0.15) is 0 Å². The molecule has 4 nitrogen and oxygen atoms in total. The van der Waals surface area contributed by atoms with Crippen molar-refractivity contribution < 1.29 is 14.2 Å². The Morgan fingerprint density at radius 2 is 1.76 bits per heavy atom. The lowest BCUT2D eigenvalue weighted by atomic mass is 9.81. The van der Waals surface area contributed by atoms with E-state index in [-0.39, 0.29) is 12.1 Å². The molecule has 2 rings (SSSR count). The van der Waals surface area contributed by atoms with Crippen LogP contribution in [0.3, 0.4) is 0 Å². The summed E-state index contributed by atoms with van der Waals surface area (Å²) in [5, 5.41) is 0. The number of hydrogen-bond acceptors (Lipinski definition) is 4. The second-order valence-electron chi connectivity index (χ2n) is 5.73. The molecule has 0 saturated heterocycles. The molecule has 2 unspecified atom stereocenters. The monoisotopic (exact) mass is 293 g/mol. The Kier molecular flexibility index (Phi) is 5.88. The second kappa shape index (κ2) is 7.66. The van der Waals surface area contributed by atoms with Crippen molar-refractivity contribution in [3.63, 3.8) is 0 Å². The fourth-order valence-corrected chi connectivity index (χ4v) is 3.37. The van der Waals surface area contributed by atoms with Crippen LogP contribution in [0, 0.1) is 5.92 Å². The number of rotatable bonds is 6. The molecule has 4 heteroatoms. The topological polar surface area (TPSA) is 53.7 Å². The first-order valence-electron chi connectivity index (χ1n) is 7.71. The third-order valence-corrected chi connectivity index (χ3v) is 4.54. The van der Waals surface area contributed by atoms with Gasteiger partial charge in [0.15, 0.2) is 0 Å². The zero-order valence-electron chi connectivity index (χ0n) is 13.3. The van der Waals surface area contributed by atoms with Crippen LogP contribution in [0.2, 0.25) is 0 Å². The van der Waals surface area contributed by atoms with Crippen molar-refractivity contribution in [1.82, 2.24) is 0 Å². The molecule has 21 heavy (non-hydrogen) atoms. The second-order valence-corrected chi connectivity index (χ2v) is 5.73. The molecule has 0 aliphatic heterocycles. The first-order valence-corrected chi connectivity index (χ1v) is 7.71. The van der Waals surface area contributed by atoms with Gasteiger partial charge in [-0.3, -0.25) is 0 Å². The van der Waals surface area contributed by atoms with E-state index in [0.29, 0.717) is 5.92 Å². The Morgan fingerprint density at radius 1 is 1.05 bits per heavy atom. The van der Waals surface area contributed by atoms with Gasteiger partial charge in [-0.1, -0.05) is 19.3 Å². The first kappa shape index (κ1) is 16.1. The van der Waals surface area contributed by atoms with E-state index in [0.717, 1.165) is 17.1 Å². The van der Waals surface area contributed by atoms with Crippen molar-refractivity contribution in [3.8, 4) is 11.5 Å². The number of hydrogen-bond donors (Lipinski definition) is 1. The normalized spacial score (nSPS) is 19.0. The molecule has 0 aromatic heterocycles. The summed E-state index contributed by atoms with van der Waals surface area (Å²) < 4.78 is 16.5. The van der Waals surface area contributed by atoms with Gasteiger partial charge >= 0.3 is 0 Å². The van der Waals surface area contributed by atoms with Gasteiger partial charge in [0.25, 0.3) is 0 Å². The van der Waals surface area contributed by atoms with Crippen LogP contribution < -0.4 is 15.2 Å². The molecule has 1 aliphatic rings. The summed E-state index contributed by atoms with van der Waals surface area (Å²) in [5.74, 6) is 2.07. The fraction of sp³-hybridized carbons (Fsp3) is 0.647. The van der Waals surface area contributed by atoms with Crippen LogP contribution in [0.15, 0.2) is 18.2 Å². The predicted octanol–water partition coefficient (Wildman–Crippen LogP) is 3.30. The number of nitrogens with two attached hydrogens (primary N) is 1. The molecular formula is C17H27NO3. The van der Waals surface area contributed by atoms with E-state index in [1.54, 1.807) is 21.3 Å². The van der Waals surface area contributed by atoms with Crippen LogP contribution in [0.1, 0.15) is 43.7 Å². The molecule has 0 bridgehead atoms. The fourth-order valence-electron chi connectivity index (χ4n) is 3.37. The maximum absolute atomic E-state index is 6.50. The molecule has 1 fully saturated rings. The van der Waals surface area contributed by atoms with E-state index >= 15 is 0 Å². The SMILES string of the molecule is COc1ccc(C(N)C(OC)C2CCCCC2)c(OC)c1. The summed E-state index contributed by atoms with van der Waals surface area (Å²) in [6.45, 7) is 0. The molecular weight excluding hydrogens is 266 g/mol. The average Bonchev–Trinajstić information content (AvgIpc) is 2.55. The Morgan fingerprint density at radius 3 is 2.33 bits per heavy atom. The quantitative estimate of drug-likeness (QED) is 0.874. The minimum atomic E-state index is -0.182. The summed E-state index contributed by atoms with van der Waals surface area (Å²) in [4.78, 5) is 0. The van der Waals surface area contributed by atoms with Gasteiger partial charge in [-0.05, 0) is 30.9 Å². The maximum atomic E-state index is 6.50. The lowest BCUT2D eigenvalue weighted by Crippen LogP contribution is -2.36. The van der Waals surface area contributed by atoms with Crippen LogP contribution in [0.4, 0.5) is 0 Å². The van der Waals surface area contributed by atoms with Gasteiger partial charge in [0.2, 0.25) is 0 Å². The third-order valence-electron chi connectivity index (χ3n) is 4.54. The third kappa shape index (κ3) is 3.69. The summed E-state index contributed by atoms with van der Waals surface area (Å²) in [7, 11) is 5.07. The van der Waals surface area contributed by atoms with Crippen LogP contribution in [-0.4, -0.2) is 27.4 Å². The van der Waals surface area contributed by atoms with Crippen LogP contribution >= 0.6 is 0 Å². The average molecular weight is 293 g/mol. The standard InChI is InChI=1S/C17H27NO3/c1-19-13-9-10-14(15(11-13)20-2)16(18)17(21-3)12-7-5-4-6-8-12/h9-12,16-17H,4-8,18H2,1-3H3. The van der Waals surface area contributed by atoms with Gasteiger partial charge in [0.05, 0.1) is 26.4 Å². The first-order chi connectivity index (χ1) is 10.2. The van der Waals surface area contributed by atoms with E-state index in [1.807, 2.05) is 18.2 Å². The van der Waals surface area contributed by atoms with Crippen LogP contribution in [0.5, 0.6) is 11.5 Å². The predicted molar refractivity (Wildman–Crippen MR) is 83.8 cm³/mol. The van der Waals surface area contributed by atoms with Crippen molar-refractivity contribution in [1.29, 1.82) is 0 Å². The number of methoxy groups -OCH3 is 3. The minimum Gasteiger partial charge on any atom is -0.497 e. The highest BCUT2D eigenvalue weighted by atomic mass is 16.5. The Labute approximate surface area is 127 Å². The molecule has 0 radical (unpaired) electrons. The molecule has 1 aliphatic carbocycles. The molecule has 0 spiro atoms. The molecule has 2 N–H and O–H groups in total. The molecule has 0 amide bonds. The van der Waals surface area contributed by atoms with Gasteiger partial charge in [-0.15, -0.1) is 0 Å². The molecule has 1 saturated carbocycles. The molecule has 1 aromatic rings. The Hall–Kier alpha value is -1.26. The zero-order chi connectivity index (χ0) is 15.2. The van der Waals surface area contributed by atoms with E-state index in [1.165, 1.54) is 32.1 Å². The van der Waals surface area contributed by atoms with Crippen molar-refractivity contribution in [2.24, 2.45) is 11.7 Å². The summed E-state index contributed by atoms with van der Waals surface area (Å²) in [5.41, 5.74) is 7.48. The lowest BCUT2D eigenvalue weighted by Gasteiger charge is -2.33. The van der Waals surface area contributed by atoms with Crippen LogP contribution in [-0.2, 0) is 4.74 Å². The largest absolute Gasteiger partial charge is 0.497 e. The zero-order valence-corrected chi connectivity index (χ0v) is 13.3. The lowest BCUT2D eigenvalue weighted by molar-refractivity contribution is 0.0168. The summed E-state index contributed by atoms with van der Waals surface area (Å²) >= 11 is 0. The Balaban J connectivity index is 2.21. The molecule has 2 atom stereocenters. The molecule has 118 valence electrons. The highest BCUT2D eigenvalue weighted by Crippen LogP contribution is 2.36. The van der Waals surface area contributed by atoms with Gasteiger partial charge < -0.3 is 19.9 Å². The summed E-state index contributed by atoms with van der Waals surface area (Å²) in [6.07, 6.45) is 6.31. The van der Waals surface area contributed by atoms with Crippen molar-refractivity contribution in [2.45, 2.75) is 44.2 Å². The number of benzene rings is 1. The van der Waals surface area contributed by atoms with Gasteiger partial charge in [0, 0.05) is 18.7 Å². The van der Waals surface area contributed by atoms with Gasteiger partial charge in [0.1, 0.15) is 11.5 Å². The van der Waals surface area contributed by atoms with Gasteiger partial charge in [-0.25, -0.2) is 0 Å². The van der Waals surface area contributed by atoms with Crippen molar-refractivity contribution in [2.75, 3.05) is 21.3 Å². The van der Waals surface area contributed by atoms with E-state index in [9.17, 15) is 0 Å². The smallest absolute Gasteiger partial charge is 0.127 e. The van der Waals surface area contributed by atoms with Crippen molar-refractivity contribution in [3.05, 3.63) is 23.8 Å². The van der Waals surface area contributed by atoms with Crippen molar-refractivity contribution >= 4 is 0 Å². The van der Waals surface area contributed by atoms with Crippen LogP contribution in [0.25, 0.3) is 0 Å². The molecule has 1 aromatic carbocycles. The van der Waals surface area contributed by atoms with E-state index in [4.69, 9.17) is 19.9 Å². The highest BCUT2D eigenvalue weighted by molar-refractivity contribution is 5.42. The molecule has 0 heterocycles. The highest BCUT2D eigenvalue weighted by Gasteiger charge is 2.31. The Bertz CT molecular complexity index is 444. The minimum absolute atomic E-state index is 0.0348. The van der Waals surface area contributed by atoms with E-state index in [2.05, 4.69) is 0 Å². The summed E-state index contributed by atoms with van der Waals surface area (Å²) in [6, 6.07) is 5.60. The maximum Gasteiger partial charge on any atom is 0.127 e. The van der Waals surface area contributed by atoms with E-state index < -0.39 is 0 Å². The number of ether oxygens (including phenoxy) is 3.